The van der Waals surface area contributed by atoms with Crippen LogP contribution in [0.2, 0.25) is 0 Å². The summed E-state index contributed by atoms with van der Waals surface area (Å²) in [7, 11) is 0. The maximum absolute atomic E-state index is 12.9. The fraction of sp³-hybridized carbons (Fsp3) is 0.458. The van der Waals surface area contributed by atoms with Crippen molar-refractivity contribution < 1.29 is 27.4 Å². The predicted octanol–water partition coefficient (Wildman–Crippen LogP) is 4.48. The Balaban J connectivity index is 1.37. The van der Waals surface area contributed by atoms with Crippen molar-refractivity contribution >= 4 is 11.6 Å². The molecule has 1 spiro atoms. The fourth-order valence-electron chi connectivity index (χ4n) is 4.47. The van der Waals surface area contributed by atoms with E-state index in [0.29, 0.717) is 26.3 Å². The molecule has 2 heterocycles. The topological polar surface area (TPSA) is 50.8 Å². The first-order valence-corrected chi connectivity index (χ1v) is 10.8. The maximum atomic E-state index is 12.9. The molecular weight excluding hydrogens is 421 g/mol. The van der Waals surface area contributed by atoms with Crippen molar-refractivity contribution in [2.75, 3.05) is 31.6 Å². The monoisotopic (exact) mass is 448 g/mol. The molecule has 1 amide bonds. The van der Waals surface area contributed by atoms with E-state index in [1.54, 1.807) is 0 Å². The Morgan fingerprint density at radius 2 is 1.97 bits per heavy atom. The average Bonchev–Trinajstić information content (AvgIpc) is 3.24. The summed E-state index contributed by atoms with van der Waals surface area (Å²) >= 11 is 0. The van der Waals surface area contributed by atoms with Gasteiger partial charge in [-0.05, 0) is 43.0 Å². The lowest BCUT2D eigenvalue weighted by molar-refractivity contribution is -0.159. The van der Waals surface area contributed by atoms with Gasteiger partial charge < -0.3 is 14.8 Å². The molecule has 0 aromatic heterocycles. The lowest BCUT2D eigenvalue weighted by Crippen LogP contribution is -2.57. The van der Waals surface area contributed by atoms with Gasteiger partial charge in [0, 0.05) is 25.4 Å². The Morgan fingerprint density at radius 3 is 2.69 bits per heavy atom. The van der Waals surface area contributed by atoms with Crippen LogP contribution < -0.4 is 5.32 Å². The van der Waals surface area contributed by atoms with Gasteiger partial charge in [0.1, 0.15) is 0 Å². The molecule has 2 saturated heterocycles. The van der Waals surface area contributed by atoms with Crippen LogP contribution in [0.3, 0.4) is 0 Å². The third kappa shape index (κ3) is 5.49. The first-order chi connectivity index (χ1) is 15.3. The highest BCUT2D eigenvalue weighted by Crippen LogP contribution is 2.38. The maximum Gasteiger partial charge on any atom is 0.416 e. The van der Waals surface area contributed by atoms with Gasteiger partial charge in [0.05, 0.1) is 30.4 Å². The molecule has 0 unspecified atom stereocenters. The Labute approximate surface area is 185 Å². The van der Waals surface area contributed by atoms with Crippen molar-refractivity contribution in [2.45, 2.75) is 43.8 Å². The number of alkyl halides is 3. The molecular formula is C24H27F3N2O3. The molecule has 2 aromatic rings. The van der Waals surface area contributed by atoms with Crippen LogP contribution >= 0.6 is 0 Å². The highest BCUT2D eigenvalue weighted by atomic mass is 19.4. The van der Waals surface area contributed by atoms with E-state index < -0.39 is 11.7 Å². The van der Waals surface area contributed by atoms with Crippen molar-refractivity contribution in [3.63, 3.8) is 0 Å². The molecule has 2 aromatic carbocycles. The van der Waals surface area contributed by atoms with Gasteiger partial charge in [-0.15, -0.1) is 0 Å². The van der Waals surface area contributed by atoms with Crippen molar-refractivity contribution in [3.8, 4) is 0 Å². The molecule has 2 fully saturated rings. The Morgan fingerprint density at radius 1 is 1.16 bits per heavy atom. The summed E-state index contributed by atoms with van der Waals surface area (Å²) < 4.78 is 51.1. The van der Waals surface area contributed by atoms with Crippen LogP contribution in [0.15, 0.2) is 54.6 Å². The fourth-order valence-corrected chi connectivity index (χ4v) is 4.47. The number of amides is 1. The predicted molar refractivity (Wildman–Crippen MR) is 114 cm³/mol. The molecule has 32 heavy (non-hydrogen) atoms. The number of carbonyl (C=O) groups is 1. The number of nitrogens with zero attached hydrogens (tertiary/aromatic N) is 1. The van der Waals surface area contributed by atoms with E-state index >= 15 is 0 Å². The van der Waals surface area contributed by atoms with Crippen LogP contribution in [-0.2, 0) is 27.1 Å². The number of halogens is 3. The number of hydrogen-bond acceptors (Lipinski definition) is 4. The number of carbonyl (C=O) groups excluding carboxylic acids is 1. The van der Waals surface area contributed by atoms with E-state index in [1.807, 2.05) is 35.2 Å². The second-order valence-corrected chi connectivity index (χ2v) is 8.41. The molecule has 8 heteroatoms. The van der Waals surface area contributed by atoms with Crippen LogP contribution in [0.25, 0.3) is 0 Å². The van der Waals surface area contributed by atoms with Gasteiger partial charge in [-0.1, -0.05) is 36.4 Å². The van der Waals surface area contributed by atoms with Crippen molar-refractivity contribution in [1.82, 2.24) is 4.90 Å². The first-order valence-electron chi connectivity index (χ1n) is 10.8. The second-order valence-electron chi connectivity index (χ2n) is 8.41. The zero-order valence-corrected chi connectivity index (χ0v) is 17.7. The van der Waals surface area contributed by atoms with Gasteiger partial charge in [0.15, 0.2) is 0 Å². The summed E-state index contributed by atoms with van der Waals surface area (Å²) in [4.78, 5) is 14.5. The highest BCUT2D eigenvalue weighted by molar-refractivity contribution is 5.92. The molecule has 4 rings (SSSR count). The summed E-state index contributed by atoms with van der Waals surface area (Å²) in [5.41, 5.74) is 0.0836. The van der Waals surface area contributed by atoms with E-state index in [2.05, 4.69) is 5.32 Å². The number of nitrogens with one attached hydrogen (secondary N) is 1. The van der Waals surface area contributed by atoms with Crippen LogP contribution in [0.1, 0.15) is 30.4 Å². The summed E-state index contributed by atoms with van der Waals surface area (Å²) in [5.74, 6) is -0.352. The number of anilines is 1. The van der Waals surface area contributed by atoms with Crippen LogP contribution in [0.5, 0.6) is 0 Å². The molecule has 0 saturated carbocycles. The van der Waals surface area contributed by atoms with Gasteiger partial charge in [-0.3, -0.25) is 9.69 Å². The summed E-state index contributed by atoms with van der Waals surface area (Å²) in [6.45, 7) is 2.45. The second kappa shape index (κ2) is 9.60. The number of likely N-dealkylation sites (tertiary alicyclic amines) is 1. The van der Waals surface area contributed by atoms with Crippen molar-refractivity contribution in [2.24, 2.45) is 0 Å². The normalized spacial score (nSPS) is 24.0. The van der Waals surface area contributed by atoms with Crippen molar-refractivity contribution in [3.05, 3.63) is 65.7 Å². The summed E-state index contributed by atoms with van der Waals surface area (Å²) in [5, 5.41) is 2.58. The zero-order chi connectivity index (χ0) is 22.6. The number of ether oxygens (including phenoxy) is 2. The van der Waals surface area contributed by atoms with Gasteiger partial charge in [0.2, 0.25) is 5.91 Å². The molecule has 2 atom stereocenters. The lowest BCUT2D eigenvalue weighted by Gasteiger charge is -2.44. The summed E-state index contributed by atoms with van der Waals surface area (Å²) in [6.07, 6.45) is -1.96. The van der Waals surface area contributed by atoms with E-state index in [0.717, 1.165) is 37.0 Å². The SMILES string of the molecule is O=C(CN1CC[C@@]2(CCCO2)[C@H](OCc2ccccc2)C1)Nc1cccc(C(F)(F)F)c1. The number of rotatable bonds is 6. The lowest BCUT2D eigenvalue weighted by atomic mass is 9.85. The van der Waals surface area contributed by atoms with Gasteiger partial charge in [-0.2, -0.15) is 13.2 Å². The Kier molecular flexibility index (Phi) is 6.83. The molecule has 2 aliphatic rings. The number of benzene rings is 2. The van der Waals surface area contributed by atoms with E-state index in [-0.39, 0.29) is 29.8 Å². The molecule has 172 valence electrons. The van der Waals surface area contributed by atoms with Gasteiger partial charge in [0.25, 0.3) is 0 Å². The average molecular weight is 448 g/mol. The van der Waals surface area contributed by atoms with Crippen LogP contribution in [0, 0.1) is 0 Å². The largest absolute Gasteiger partial charge is 0.416 e. The minimum absolute atomic E-state index is 0.0809. The molecule has 0 bridgehead atoms. The van der Waals surface area contributed by atoms with E-state index in [9.17, 15) is 18.0 Å². The Bertz CT molecular complexity index is 914. The minimum Gasteiger partial charge on any atom is -0.372 e. The molecule has 1 N–H and O–H groups in total. The first kappa shape index (κ1) is 22.8. The van der Waals surface area contributed by atoms with E-state index in [1.165, 1.54) is 12.1 Å². The standard InChI is InChI=1S/C24H27F3N2O3/c25-24(26,27)19-8-4-9-20(14-19)28-22(30)16-29-12-11-23(10-5-13-32-23)21(15-29)31-17-18-6-2-1-3-7-18/h1-4,6-9,14,21H,5,10-13,15-17H2,(H,28,30)/t21-,23+/m1/s1. The zero-order valence-electron chi connectivity index (χ0n) is 17.7. The minimum atomic E-state index is -4.45. The number of hydrogen-bond donors (Lipinski definition) is 1. The van der Waals surface area contributed by atoms with Crippen LogP contribution in [-0.4, -0.2) is 48.8 Å². The number of piperidine rings is 1. The quantitative estimate of drug-likeness (QED) is 0.708. The van der Waals surface area contributed by atoms with Gasteiger partial charge >= 0.3 is 6.18 Å². The van der Waals surface area contributed by atoms with Crippen LogP contribution in [0.4, 0.5) is 18.9 Å². The highest BCUT2D eigenvalue weighted by Gasteiger charge is 2.47. The van der Waals surface area contributed by atoms with Gasteiger partial charge in [-0.25, -0.2) is 0 Å². The molecule has 2 aliphatic heterocycles. The smallest absolute Gasteiger partial charge is 0.372 e. The Hall–Kier alpha value is -2.42. The third-order valence-corrected chi connectivity index (χ3v) is 6.13. The molecule has 0 aliphatic carbocycles. The molecule has 5 nitrogen and oxygen atoms in total. The molecule has 0 radical (unpaired) electrons. The van der Waals surface area contributed by atoms with Crippen molar-refractivity contribution in [1.29, 1.82) is 0 Å². The van der Waals surface area contributed by atoms with E-state index in [4.69, 9.17) is 9.47 Å². The summed E-state index contributed by atoms with van der Waals surface area (Å²) in [6, 6.07) is 14.6. The third-order valence-electron chi connectivity index (χ3n) is 6.13.